The molecule has 0 saturated heterocycles. The molecule has 2 atom stereocenters. The van der Waals surface area contributed by atoms with Crippen LogP contribution in [0.3, 0.4) is 0 Å². The summed E-state index contributed by atoms with van der Waals surface area (Å²) in [6, 6.07) is 3.02. The molecule has 1 N–H and O–H groups in total. The second-order valence-corrected chi connectivity index (χ2v) is 12.9. The summed E-state index contributed by atoms with van der Waals surface area (Å²) in [5.74, 6) is -1.12. The van der Waals surface area contributed by atoms with Crippen molar-refractivity contribution >= 4 is 21.9 Å². The van der Waals surface area contributed by atoms with Crippen LogP contribution in [0, 0.1) is 11.2 Å². The molecule has 198 valence electrons. The molecule has 4 nitrogen and oxygen atoms in total. The van der Waals surface area contributed by atoms with E-state index in [1.54, 1.807) is 25.3 Å². The quantitative estimate of drug-likeness (QED) is 0.339. The van der Waals surface area contributed by atoms with Gasteiger partial charge in [0.2, 0.25) is 0 Å². The van der Waals surface area contributed by atoms with Crippen LogP contribution in [0.2, 0.25) is 0 Å². The predicted molar refractivity (Wildman–Crippen MR) is 129 cm³/mol. The van der Waals surface area contributed by atoms with E-state index in [1.807, 2.05) is 20.8 Å². The number of rotatable bonds is 6. The van der Waals surface area contributed by atoms with Crippen molar-refractivity contribution in [2.45, 2.75) is 71.5 Å². The smallest absolute Gasteiger partial charge is 0.347 e. The zero-order valence-corrected chi connectivity index (χ0v) is 21.6. The van der Waals surface area contributed by atoms with Crippen LogP contribution >= 0.6 is 0 Å². The Hall–Kier alpha value is -2.40. The van der Waals surface area contributed by atoms with Gasteiger partial charge in [0.25, 0.3) is 6.43 Å². The summed E-state index contributed by atoms with van der Waals surface area (Å²) in [7, 11) is -1.80. The van der Waals surface area contributed by atoms with E-state index in [0.717, 1.165) is 0 Å². The van der Waals surface area contributed by atoms with Crippen molar-refractivity contribution < 1.29 is 30.6 Å². The molecule has 0 amide bonds. The normalized spacial score (nSPS) is 15.0. The largest absolute Gasteiger partial charge is 0.418 e. The molecule has 0 bridgehead atoms. The standard InChI is InChI=1S/C25H29F6N3OS/c1-23(2,3)13-34-12-17(21(22(27)28)33-36(35)24(4,5)6)16-8-7-14(9-19(16)34)20-18(25(29,30)31)10-15(26)11-32-20/h7-12,21-22,33H,13H2,1-6H3/t21-,36?/m0/s1. The van der Waals surface area contributed by atoms with Gasteiger partial charge >= 0.3 is 6.18 Å². The maximum atomic E-state index is 14.2. The molecule has 11 heteroatoms. The average Bonchev–Trinajstić information content (AvgIpc) is 3.05. The highest BCUT2D eigenvalue weighted by Crippen LogP contribution is 2.39. The maximum absolute atomic E-state index is 14.2. The minimum atomic E-state index is -4.85. The number of fused-ring (bicyclic) bond motifs is 1. The van der Waals surface area contributed by atoms with E-state index >= 15 is 0 Å². The predicted octanol–water partition coefficient (Wildman–Crippen LogP) is 7.27. The third-order valence-corrected chi connectivity index (χ3v) is 6.95. The number of alkyl halides is 5. The number of nitrogens with one attached hydrogen (secondary N) is 1. The van der Waals surface area contributed by atoms with Crippen molar-refractivity contribution in [2.75, 3.05) is 0 Å². The van der Waals surface area contributed by atoms with Crippen LogP contribution in [0.15, 0.2) is 36.7 Å². The molecule has 3 rings (SSSR count). The first kappa shape index (κ1) is 28.2. The SMILES string of the molecule is CC(C)(C)Cn1cc([C@H](NS(=O)C(C)(C)C)C(F)F)c2ccc(-c3ncc(F)cc3C(F)(F)F)cc21. The van der Waals surface area contributed by atoms with E-state index in [0.29, 0.717) is 29.7 Å². The second kappa shape index (κ2) is 9.81. The number of pyridine rings is 1. The van der Waals surface area contributed by atoms with E-state index in [4.69, 9.17) is 0 Å². The summed E-state index contributed by atoms with van der Waals surface area (Å²) in [4.78, 5) is 3.69. The van der Waals surface area contributed by atoms with E-state index in [-0.39, 0.29) is 16.5 Å². The number of benzene rings is 1. The lowest BCUT2D eigenvalue weighted by Crippen LogP contribution is -2.38. The molecule has 0 aliphatic carbocycles. The van der Waals surface area contributed by atoms with Gasteiger partial charge in [-0.3, -0.25) is 4.98 Å². The molecular weight excluding hydrogens is 504 g/mol. The molecule has 0 fully saturated rings. The molecule has 0 radical (unpaired) electrons. The first-order valence-corrected chi connectivity index (χ1v) is 12.4. The first-order valence-electron chi connectivity index (χ1n) is 11.2. The topological polar surface area (TPSA) is 46.9 Å². The fraction of sp³-hybridized carbons (Fsp3) is 0.480. The van der Waals surface area contributed by atoms with Gasteiger partial charge in [0.05, 0.1) is 33.2 Å². The van der Waals surface area contributed by atoms with E-state index in [1.165, 1.54) is 24.4 Å². The summed E-state index contributed by atoms with van der Waals surface area (Å²) < 4.78 is 98.9. The minimum absolute atomic E-state index is 0.0643. The summed E-state index contributed by atoms with van der Waals surface area (Å²) in [5, 5.41) is 0.377. The summed E-state index contributed by atoms with van der Waals surface area (Å²) in [6.07, 6.45) is -5.53. The Morgan fingerprint density at radius 3 is 2.22 bits per heavy atom. The molecule has 2 heterocycles. The summed E-state index contributed by atoms with van der Waals surface area (Å²) >= 11 is 0. The Kier molecular flexibility index (Phi) is 7.68. The van der Waals surface area contributed by atoms with Gasteiger partial charge in [-0.2, -0.15) is 13.2 Å². The number of aromatic nitrogens is 2. The minimum Gasteiger partial charge on any atom is -0.347 e. The van der Waals surface area contributed by atoms with Crippen LogP contribution in [0.4, 0.5) is 26.3 Å². The van der Waals surface area contributed by atoms with Gasteiger partial charge in [0, 0.05) is 34.8 Å². The third-order valence-electron chi connectivity index (χ3n) is 5.37. The zero-order valence-electron chi connectivity index (χ0n) is 20.8. The number of halogens is 6. The monoisotopic (exact) mass is 533 g/mol. The van der Waals surface area contributed by atoms with Crippen molar-refractivity contribution in [1.82, 2.24) is 14.3 Å². The van der Waals surface area contributed by atoms with Gasteiger partial charge < -0.3 is 4.57 Å². The Labute approximate surface area is 208 Å². The van der Waals surface area contributed by atoms with Crippen molar-refractivity contribution in [2.24, 2.45) is 5.41 Å². The summed E-state index contributed by atoms with van der Waals surface area (Å²) in [6.45, 7) is 11.1. The Morgan fingerprint density at radius 2 is 1.69 bits per heavy atom. The van der Waals surface area contributed by atoms with Crippen molar-refractivity contribution in [1.29, 1.82) is 0 Å². The highest BCUT2D eigenvalue weighted by Gasteiger charge is 2.36. The fourth-order valence-electron chi connectivity index (χ4n) is 3.79. The molecule has 0 aliphatic rings. The fourth-order valence-corrected chi connectivity index (χ4v) is 4.60. The third kappa shape index (κ3) is 6.29. The Balaban J connectivity index is 2.24. The second-order valence-electron chi connectivity index (χ2n) is 10.9. The zero-order chi connectivity index (χ0) is 27.2. The van der Waals surface area contributed by atoms with E-state index in [2.05, 4.69) is 9.71 Å². The van der Waals surface area contributed by atoms with Crippen molar-refractivity contribution in [3.05, 3.63) is 53.6 Å². The van der Waals surface area contributed by atoms with Gasteiger partial charge in [0.1, 0.15) is 11.9 Å². The maximum Gasteiger partial charge on any atom is 0.418 e. The Morgan fingerprint density at radius 1 is 1.06 bits per heavy atom. The van der Waals surface area contributed by atoms with Crippen LogP contribution in [-0.2, 0) is 23.7 Å². The van der Waals surface area contributed by atoms with Gasteiger partial charge in [-0.05, 0) is 38.3 Å². The number of hydrogen-bond donors (Lipinski definition) is 1. The Bertz CT molecular complexity index is 1270. The van der Waals surface area contributed by atoms with E-state index < -0.39 is 51.5 Å². The number of nitrogens with zero attached hydrogens (tertiary/aromatic N) is 2. The summed E-state index contributed by atoms with van der Waals surface area (Å²) in [5.41, 5.74) is -1.35. The van der Waals surface area contributed by atoms with Crippen LogP contribution in [0.5, 0.6) is 0 Å². The molecule has 1 aromatic carbocycles. The van der Waals surface area contributed by atoms with Gasteiger partial charge in [0.15, 0.2) is 0 Å². The molecule has 0 aliphatic heterocycles. The van der Waals surface area contributed by atoms with Gasteiger partial charge in [-0.15, -0.1) is 0 Å². The van der Waals surface area contributed by atoms with Crippen LogP contribution in [-0.4, -0.2) is 24.9 Å². The molecule has 3 aromatic rings. The molecule has 1 unspecified atom stereocenters. The first-order chi connectivity index (χ1) is 16.4. The highest BCUT2D eigenvalue weighted by molar-refractivity contribution is 7.84. The molecule has 0 spiro atoms. The number of hydrogen-bond acceptors (Lipinski definition) is 2. The lowest BCUT2D eigenvalue weighted by Gasteiger charge is -2.24. The lowest BCUT2D eigenvalue weighted by molar-refractivity contribution is -0.137. The van der Waals surface area contributed by atoms with Crippen LogP contribution in [0.25, 0.3) is 22.2 Å². The molecule has 0 saturated carbocycles. The van der Waals surface area contributed by atoms with Crippen molar-refractivity contribution in [3.63, 3.8) is 0 Å². The lowest BCUT2D eigenvalue weighted by atomic mass is 9.97. The molecular formula is C25H29F6N3OS. The van der Waals surface area contributed by atoms with E-state index in [9.17, 15) is 30.6 Å². The average molecular weight is 534 g/mol. The van der Waals surface area contributed by atoms with Crippen LogP contribution < -0.4 is 4.72 Å². The highest BCUT2D eigenvalue weighted by atomic mass is 32.2. The molecule has 36 heavy (non-hydrogen) atoms. The van der Waals surface area contributed by atoms with Crippen molar-refractivity contribution in [3.8, 4) is 11.3 Å². The van der Waals surface area contributed by atoms with Gasteiger partial charge in [-0.1, -0.05) is 32.9 Å². The van der Waals surface area contributed by atoms with Gasteiger partial charge in [-0.25, -0.2) is 22.1 Å². The van der Waals surface area contributed by atoms with Crippen LogP contribution in [0.1, 0.15) is 58.7 Å². The molecule has 2 aromatic heterocycles.